The predicted molar refractivity (Wildman–Crippen MR) is 108 cm³/mol. The van der Waals surface area contributed by atoms with E-state index in [0.29, 0.717) is 17.9 Å². The lowest BCUT2D eigenvalue weighted by Crippen LogP contribution is -2.28. The average molecular weight is 360 g/mol. The number of carbonyl (C=O) groups is 1. The molecule has 27 heavy (non-hydrogen) atoms. The summed E-state index contributed by atoms with van der Waals surface area (Å²) in [5, 5.41) is 3.28. The first kappa shape index (κ1) is 18.6. The number of nitrogens with zero attached hydrogens (tertiary/aromatic N) is 3. The maximum atomic E-state index is 12.7. The molecule has 5 heteroatoms. The summed E-state index contributed by atoms with van der Waals surface area (Å²) in [6, 6.07) is 13.6. The van der Waals surface area contributed by atoms with Crippen LogP contribution in [-0.4, -0.2) is 34.4 Å². The van der Waals surface area contributed by atoms with Crippen molar-refractivity contribution in [2.24, 2.45) is 0 Å². The van der Waals surface area contributed by atoms with E-state index in [4.69, 9.17) is 0 Å². The Morgan fingerprint density at radius 2 is 1.78 bits per heavy atom. The molecule has 0 aliphatic carbocycles. The van der Waals surface area contributed by atoms with E-state index >= 15 is 0 Å². The van der Waals surface area contributed by atoms with Crippen molar-refractivity contribution in [3.8, 4) is 0 Å². The van der Waals surface area contributed by atoms with Crippen LogP contribution in [0.5, 0.6) is 0 Å². The summed E-state index contributed by atoms with van der Waals surface area (Å²) >= 11 is 0. The number of aryl methyl sites for hydroxylation is 2. The monoisotopic (exact) mass is 360 g/mol. The molecule has 3 rings (SSSR count). The lowest BCUT2D eigenvalue weighted by Gasteiger charge is -2.17. The first-order valence-electron chi connectivity index (χ1n) is 8.97. The summed E-state index contributed by atoms with van der Waals surface area (Å²) in [7, 11) is 1.82. The summed E-state index contributed by atoms with van der Waals surface area (Å²) < 4.78 is 0. The highest BCUT2D eigenvalue weighted by atomic mass is 16.2. The van der Waals surface area contributed by atoms with Crippen molar-refractivity contribution >= 4 is 17.4 Å². The van der Waals surface area contributed by atoms with E-state index in [1.165, 1.54) is 11.1 Å². The van der Waals surface area contributed by atoms with Crippen LogP contribution in [0.3, 0.4) is 0 Å². The highest BCUT2D eigenvalue weighted by molar-refractivity contribution is 5.94. The summed E-state index contributed by atoms with van der Waals surface area (Å²) in [5.41, 5.74) is 5.20. The largest absolute Gasteiger partial charge is 0.341 e. The standard InChI is InChI=1S/C22H24N4O/c1-16-4-5-20(14-17(16)2)25-21-15-19(8-12-24-21)22(27)26(3)13-9-18-6-10-23-11-7-18/h4-8,10-12,14-15H,9,13H2,1-3H3,(H,24,25). The van der Waals surface area contributed by atoms with Gasteiger partial charge in [0.25, 0.3) is 5.91 Å². The molecule has 0 atom stereocenters. The Kier molecular flexibility index (Phi) is 5.81. The number of pyridine rings is 2. The minimum atomic E-state index is -0.0189. The maximum Gasteiger partial charge on any atom is 0.253 e. The van der Waals surface area contributed by atoms with Crippen LogP contribution >= 0.6 is 0 Å². The topological polar surface area (TPSA) is 58.1 Å². The molecule has 138 valence electrons. The first-order chi connectivity index (χ1) is 13.0. The van der Waals surface area contributed by atoms with Crippen LogP contribution in [0.2, 0.25) is 0 Å². The van der Waals surface area contributed by atoms with Crippen molar-refractivity contribution < 1.29 is 4.79 Å². The van der Waals surface area contributed by atoms with Crippen LogP contribution in [0.1, 0.15) is 27.0 Å². The Labute approximate surface area is 160 Å². The second kappa shape index (κ2) is 8.45. The summed E-state index contributed by atoms with van der Waals surface area (Å²) in [6.07, 6.45) is 5.99. The fourth-order valence-corrected chi connectivity index (χ4v) is 2.77. The highest BCUT2D eigenvalue weighted by Gasteiger charge is 2.12. The van der Waals surface area contributed by atoms with Gasteiger partial charge >= 0.3 is 0 Å². The Balaban J connectivity index is 1.66. The number of rotatable bonds is 6. The lowest BCUT2D eigenvalue weighted by atomic mass is 10.1. The van der Waals surface area contributed by atoms with Gasteiger partial charge in [-0.3, -0.25) is 9.78 Å². The van der Waals surface area contributed by atoms with Crippen LogP contribution in [0.4, 0.5) is 11.5 Å². The number of nitrogens with one attached hydrogen (secondary N) is 1. The van der Waals surface area contributed by atoms with Gasteiger partial charge in [0.1, 0.15) is 5.82 Å². The normalized spacial score (nSPS) is 10.5. The van der Waals surface area contributed by atoms with E-state index in [9.17, 15) is 4.79 Å². The van der Waals surface area contributed by atoms with E-state index < -0.39 is 0 Å². The molecule has 0 fully saturated rings. The second-order valence-corrected chi connectivity index (χ2v) is 6.69. The van der Waals surface area contributed by atoms with Gasteiger partial charge in [0.15, 0.2) is 0 Å². The van der Waals surface area contributed by atoms with E-state index in [2.05, 4.69) is 41.3 Å². The Morgan fingerprint density at radius 3 is 2.52 bits per heavy atom. The number of benzene rings is 1. The van der Waals surface area contributed by atoms with Crippen molar-refractivity contribution in [1.82, 2.24) is 14.9 Å². The third kappa shape index (κ3) is 4.91. The molecular formula is C22H24N4O. The molecule has 0 saturated heterocycles. The molecule has 1 N–H and O–H groups in total. The lowest BCUT2D eigenvalue weighted by molar-refractivity contribution is 0.0796. The van der Waals surface area contributed by atoms with Gasteiger partial charge in [0, 0.05) is 43.4 Å². The molecule has 0 aliphatic rings. The number of amides is 1. The maximum absolute atomic E-state index is 12.7. The predicted octanol–water partition coefficient (Wildman–Crippen LogP) is 4.15. The number of hydrogen-bond acceptors (Lipinski definition) is 4. The van der Waals surface area contributed by atoms with Gasteiger partial charge in [-0.15, -0.1) is 0 Å². The first-order valence-corrected chi connectivity index (χ1v) is 8.97. The van der Waals surface area contributed by atoms with Gasteiger partial charge in [0.2, 0.25) is 0 Å². The highest BCUT2D eigenvalue weighted by Crippen LogP contribution is 2.19. The molecule has 0 unspecified atom stereocenters. The van der Waals surface area contributed by atoms with Gasteiger partial charge in [-0.1, -0.05) is 6.07 Å². The van der Waals surface area contributed by atoms with Gasteiger partial charge in [0.05, 0.1) is 0 Å². The molecule has 2 aromatic heterocycles. The van der Waals surface area contributed by atoms with E-state index in [1.54, 1.807) is 35.6 Å². The minimum Gasteiger partial charge on any atom is -0.341 e. The fourth-order valence-electron chi connectivity index (χ4n) is 2.77. The van der Waals surface area contributed by atoms with E-state index in [0.717, 1.165) is 17.7 Å². The molecule has 0 saturated carbocycles. The van der Waals surface area contributed by atoms with Crippen LogP contribution < -0.4 is 5.32 Å². The molecule has 3 aromatic rings. The SMILES string of the molecule is Cc1ccc(Nc2cc(C(=O)N(C)CCc3ccncc3)ccn2)cc1C. The zero-order chi connectivity index (χ0) is 19.2. The van der Waals surface area contributed by atoms with Crippen molar-refractivity contribution in [2.75, 3.05) is 18.9 Å². The molecule has 1 amide bonds. The van der Waals surface area contributed by atoms with Crippen molar-refractivity contribution in [3.63, 3.8) is 0 Å². The van der Waals surface area contributed by atoms with E-state index in [-0.39, 0.29) is 5.91 Å². The smallest absolute Gasteiger partial charge is 0.253 e. The van der Waals surface area contributed by atoms with Gasteiger partial charge < -0.3 is 10.2 Å². The molecule has 0 radical (unpaired) electrons. The Morgan fingerprint density at radius 1 is 1.00 bits per heavy atom. The molecule has 0 bridgehead atoms. The summed E-state index contributed by atoms with van der Waals surface area (Å²) in [5.74, 6) is 0.640. The number of anilines is 2. The fraction of sp³-hybridized carbons (Fsp3) is 0.227. The van der Waals surface area contributed by atoms with Crippen LogP contribution in [-0.2, 0) is 6.42 Å². The third-order valence-corrected chi connectivity index (χ3v) is 4.62. The third-order valence-electron chi connectivity index (χ3n) is 4.62. The Hall–Kier alpha value is -3.21. The van der Waals surface area contributed by atoms with Crippen molar-refractivity contribution in [3.05, 3.63) is 83.3 Å². The van der Waals surface area contributed by atoms with Gasteiger partial charge in [-0.25, -0.2) is 4.98 Å². The number of hydrogen-bond donors (Lipinski definition) is 1. The summed E-state index contributed by atoms with van der Waals surface area (Å²) in [6.45, 7) is 4.80. The molecule has 0 aliphatic heterocycles. The number of aromatic nitrogens is 2. The van der Waals surface area contributed by atoms with Crippen LogP contribution in [0.25, 0.3) is 0 Å². The van der Waals surface area contributed by atoms with Crippen LogP contribution in [0, 0.1) is 13.8 Å². The second-order valence-electron chi connectivity index (χ2n) is 6.69. The van der Waals surface area contributed by atoms with Gasteiger partial charge in [-0.05, 0) is 73.4 Å². The van der Waals surface area contributed by atoms with Crippen molar-refractivity contribution in [2.45, 2.75) is 20.3 Å². The minimum absolute atomic E-state index is 0.0189. The number of carbonyl (C=O) groups excluding carboxylic acids is 1. The Bertz CT molecular complexity index is 925. The molecule has 1 aromatic carbocycles. The quantitative estimate of drug-likeness (QED) is 0.717. The summed E-state index contributed by atoms with van der Waals surface area (Å²) in [4.78, 5) is 22.8. The molecular weight excluding hydrogens is 336 g/mol. The molecule has 5 nitrogen and oxygen atoms in total. The van der Waals surface area contributed by atoms with Crippen molar-refractivity contribution in [1.29, 1.82) is 0 Å². The molecule has 0 spiro atoms. The zero-order valence-electron chi connectivity index (χ0n) is 15.9. The number of likely N-dealkylation sites (N-methyl/N-ethyl adjacent to an activating group) is 1. The van der Waals surface area contributed by atoms with Crippen LogP contribution in [0.15, 0.2) is 61.1 Å². The van der Waals surface area contributed by atoms with Gasteiger partial charge in [-0.2, -0.15) is 0 Å². The average Bonchev–Trinajstić information content (AvgIpc) is 2.69. The van der Waals surface area contributed by atoms with E-state index in [1.807, 2.05) is 25.2 Å². The molecule has 2 heterocycles. The zero-order valence-corrected chi connectivity index (χ0v) is 15.9.